The summed E-state index contributed by atoms with van der Waals surface area (Å²) >= 11 is 0. The van der Waals surface area contributed by atoms with Crippen LogP contribution in [0.3, 0.4) is 0 Å². The first-order chi connectivity index (χ1) is 6.26. The maximum atomic E-state index is 10.5. The number of aliphatic hydroxyl groups excluding tert-OH is 1. The third kappa shape index (κ3) is 2.84. The largest absolute Gasteiger partial charge is 0.392 e. The zero-order chi connectivity index (χ0) is 9.68. The summed E-state index contributed by atoms with van der Waals surface area (Å²) in [5.41, 5.74) is 2.65. The molecule has 0 saturated heterocycles. The lowest BCUT2D eigenvalue weighted by molar-refractivity contribution is 0.112. The highest BCUT2D eigenvalue weighted by Gasteiger charge is 1.94. The molecule has 0 unspecified atom stereocenters. The Morgan fingerprint density at radius 2 is 2.00 bits per heavy atom. The summed E-state index contributed by atoms with van der Waals surface area (Å²) in [5.74, 6) is 0. The third-order valence-electron chi connectivity index (χ3n) is 1.67. The topological polar surface area (TPSA) is 37.3 Å². The summed E-state index contributed by atoms with van der Waals surface area (Å²) < 4.78 is 0. The Labute approximate surface area is 77.5 Å². The smallest absolute Gasteiger partial charge is 0.150 e. The lowest BCUT2D eigenvalue weighted by atomic mass is 10.1. The first-order valence-electron chi connectivity index (χ1n) is 4.10. The highest BCUT2D eigenvalue weighted by Crippen LogP contribution is 2.09. The lowest BCUT2D eigenvalue weighted by Crippen LogP contribution is -1.84. The maximum absolute atomic E-state index is 10.5. The van der Waals surface area contributed by atoms with Gasteiger partial charge in [0, 0.05) is 5.56 Å². The number of benzene rings is 1. The Balaban J connectivity index is 3.01. The van der Waals surface area contributed by atoms with E-state index >= 15 is 0 Å². The molecule has 0 aliphatic heterocycles. The molecule has 0 atom stereocenters. The Kier molecular flexibility index (Phi) is 3.41. The fourth-order valence-electron chi connectivity index (χ4n) is 1.20. The van der Waals surface area contributed by atoms with Crippen molar-refractivity contribution in [2.75, 3.05) is 6.61 Å². The second kappa shape index (κ2) is 4.58. The van der Waals surface area contributed by atoms with E-state index in [0.717, 1.165) is 17.4 Å². The average Bonchev–Trinajstić information content (AvgIpc) is 2.14. The van der Waals surface area contributed by atoms with E-state index in [1.807, 2.05) is 19.1 Å². The molecule has 2 heteroatoms. The minimum atomic E-state index is 0.0182. The summed E-state index contributed by atoms with van der Waals surface area (Å²) in [5, 5.41) is 8.57. The average molecular weight is 176 g/mol. The van der Waals surface area contributed by atoms with Crippen LogP contribution in [-0.4, -0.2) is 18.0 Å². The van der Waals surface area contributed by atoms with E-state index in [2.05, 4.69) is 0 Å². The van der Waals surface area contributed by atoms with Gasteiger partial charge in [0.2, 0.25) is 0 Å². The molecule has 0 amide bonds. The SMILES string of the molecule is Cc1cc(C=O)cc(C=CCO)c1. The normalized spacial score (nSPS) is 10.6. The molecule has 0 aliphatic carbocycles. The van der Waals surface area contributed by atoms with Crippen molar-refractivity contribution in [3.63, 3.8) is 0 Å². The number of carbonyl (C=O) groups excluding carboxylic acids is 1. The van der Waals surface area contributed by atoms with Gasteiger partial charge < -0.3 is 5.11 Å². The fourth-order valence-corrected chi connectivity index (χ4v) is 1.20. The Bertz CT molecular complexity index is 327. The van der Waals surface area contributed by atoms with Crippen LogP contribution in [0.2, 0.25) is 0 Å². The molecular weight excluding hydrogens is 164 g/mol. The number of carbonyl (C=O) groups is 1. The van der Waals surface area contributed by atoms with Crippen molar-refractivity contribution in [3.8, 4) is 0 Å². The Hall–Kier alpha value is -1.41. The molecule has 1 aromatic rings. The quantitative estimate of drug-likeness (QED) is 0.713. The molecule has 1 rings (SSSR count). The van der Waals surface area contributed by atoms with Crippen molar-refractivity contribution >= 4 is 12.4 Å². The summed E-state index contributed by atoms with van der Waals surface area (Å²) in [6.07, 6.45) is 4.26. The molecule has 1 aromatic carbocycles. The summed E-state index contributed by atoms with van der Waals surface area (Å²) in [6, 6.07) is 5.56. The zero-order valence-corrected chi connectivity index (χ0v) is 7.53. The van der Waals surface area contributed by atoms with Crippen LogP contribution in [0.25, 0.3) is 6.08 Å². The second-order valence-corrected chi connectivity index (χ2v) is 2.88. The summed E-state index contributed by atoms with van der Waals surface area (Å²) in [6.45, 7) is 1.95. The lowest BCUT2D eigenvalue weighted by Gasteiger charge is -1.98. The van der Waals surface area contributed by atoms with Crippen molar-refractivity contribution in [1.29, 1.82) is 0 Å². The van der Waals surface area contributed by atoms with E-state index in [9.17, 15) is 4.79 Å². The third-order valence-corrected chi connectivity index (χ3v) is 1.67. The van der Waals surface area contributed by atoms with Gasteiger partial charge >= 0.3 is 0 Å². The van der Waals surface area contributed by atoms with Crippen LogP contribution in [0.1, 0.15) is 21.5 Å². The van der Waals surface area contributed by atoms with Crippen LogP contribution in [-0.2, 0) is 0 Å². The number of hydrogen-bond donors (Lipinski definition) is 1. The van der Waals surface area contributed by atoms with Crippen LogP contribution in [0.15, 0.2) is 24.3 Å². The van der Waals surface area contributed by atoms with Gasteiger partial charge in [-0.1, -0.05) is 18.2 Å². The van der Waals surface area contributed by atoms with E-state index in [4.69, 9.17) is 5.11 Å². The maximum Gasteiger partial charge on any atom is 0.150 e. The molecule has 0 saturated carbocycles. The molecule has 13 heavy (non-hydrogen) atoms. The predicted octanol–water partition coefficient (Wildman–Crippen LogP) is 1.81. The van der Waals surface area contributed by atoms with Crippen molar-refractivity contribution < 1.29 is 9.90 Å². The van der Waals surface area contributed by atoms with E-state index in [1.165, 1.54) is 0 Å². The molecule has 0 bridgehead atoms. The van der Waals surface area contributed by atoms with E-state index in [0.29, 0.717) is 5.56 Å². The van der Waals surface area contributed by atoms with Crippen LogP contribution in [0, 0.1) is 6.92 Å². The van der Waals surface area contributed by atoms with Crippen LogP contribution >= 0.6 is 0 Å². The molecule has 2 nitrogen and oxygen atoms in total. The number of aliphatic hydroxyl groups is 1. The van der Waals surface area contributed by atoms with Crippen LogP contribution < -0.4 is 0 Å². The number of rotatable bonds is 3. The van der Waals surface area contributed by atoms with Crippen molar-refractivity contribution in [2.45, 2.75) is 6.92 Å². The molecule has 1 N–H and O–H groups in total. The number of aryl methyl sites for hydroxylation is 1. The standard InChI is InChI=1S/C11H12O2/c1-9-5-10(3-2-4-12)7-11(6-9)8-13/h2-3,5-8,12H,4H2,1H3. The monoisotopic (exact) mass is 176 g/mol. The minimum absolute atomic E-state index is 0.0182. The van der Waals surface area contributed by atoms with Crippen molar-refractivity contribution in [2.24, 2.45) is 0 Å². The summed E-state index contributed by atoms with van der Waals surface area (Å²) in [4.78, 5) is 10.5. The van der Waals surface area contributed by atoms with E-state index in [-0.39, 0.29) is 6.61 Å². The van der Waals surface area contributed by atoms with Crippen LogP contribution in [0.4, 0.5) is 0 Å². The summed E-state index contributed by atoms with van der Waals surface area (Å²) in [7, 11) is 0. The minimum Gasteiger partial charge on any atom is -0.392 e. The first kappa shape index (κ1) is 9.68. The van der Waals surface area contributed by atoms with E-state index < -0.39 is 0 Å². The van der Waals surface area contributed by atoms with Gasteiger partial charge in [0.15, 0.2) is 0 Å². The highest BCUT2D eigenvalue weighted by atomic mass is 16.2. The number of aldehydes is 1. The van der Waals surface area contributed by atoms with Gasteiger partial charge in [-0.15, -0.1) is 0 Å². The van der Waals surface area contributed by atoms with Gasteiger partial charge in [0.1, 0.15) is 6.29 Å². The fraction of sp³-hybridized carbons (Fsp3) is 0.182. The first-order valence-corrected chi connectivity index (χ1v) is 4.10. The molecular formula is C11H12O2. The van der Waals surface area contributed by atoms with Crippen molar-refractivity contribution in [1.82, 2.24) is 0 Å². The van der Waals surface area contributed by atoms with Gasteiger partial charge in [-0.3, -0.25) is 4.79 Å². The molecule has 0 aromatic heterocycles. The zero-order valence-electron chi connectivity index (χ0n) is 7.53. The van der Waals surface area contributed by atoms with Crippen molar-refractivity contribution in [3.05, 3.63) is 41.0 Å². The van der Waals surface area contributed by atoms with Gasteiger partial charge in [0.05, 0.1) is 6.61 Å². The van der Waals surface area contributed by atoms with Gasteiger partial charge in [-0.05, 0) is 30.2 Å². The Morgan fingerprint density at radius 1 is 1.31 bits per heavy atom. The van der Waals surface area contributed by atoms with E-state index in [1.54, 1.807) is 18.2 Å². The molecule has 0 radical (unpaired) electrons. The Morgan fingerprint density at radius 3 is 2.62 bits per heavy atom. The van der Waals surface area contributed by atoms with Gasteiger partial charge in [0.25, 0.3) is 0 Å². The molecule has 0 fully saturated rings. The molecule has 68 valence electrons. The highest BCUT2D eigenvalue weighted by molar-refractivity contribution is 5.76. The molecule has 0 heterocycles. The van der Waals surface area contributed by atoms with Gasteiger partial charge in [-0.2, -0.15) is 0 Å². The van der Waals surface area contributed by atoms with Gasteiger partial charge in [-0.25, -0.2) is 0 Å². The second-order valence-electron chi connectivity index (χ2n) is 2.88. The molecule has 0 aliphatic rings. The predicted molar refractivity (Wildman–Crippen MR) is 52.7 cm³/mol. The number of hydrogen-bond acceptors (Lipinski definition) is 2. The molecule has 0 spiro atoms. The van der Waals surface area contributed by atoms with Crippen LogP contribution in [0.5, 0.6) is 0 Å².